The fraction of sp³-hybridized carbons (Fsp3) is 0.0714. The van der Waals surface area contributed by atoms with E-state index in [2.05, 4.69) is 5.32 Å². The molecule has 1 N–H and O–H groups in total. The van der Waals surface area contributed by atoms with Crippen LogP contribution in [0.4, 0.5) is 0 Å². The van der Waals surface area contributed by atoms with Gasteiger partial charge in [-0.1, -0.05) is 58.5 Å². The van der Waals surface area contributed by atoms with Gasteiger partial charge >= 0.3 is 0 Å². The Balaban J connectivity index is 2.11. The monoisotopic (exact) mass is 347 g/mol. The molecule has 0 unspecified atom stereocenters. The summed E-state index contributed by atoms with van der Waals surface area (Å²) >= 11 is 23.7. The second-order valence-corrected chi connectivity index (χ2v) is 5.66. The van der Waals surface area contributed by atoms with E-state index in [0.717, 1.165) is 5.56 Å². The molecule has 0 bridgehead atoms. The Morgan fingerprint density at radius 3 is 2.15 bits per heavy atom. The molecule has 0 aliphatic heterocycles. The fourth-order valence-corrected chi connectivity index (χ4v) is 2.52. The number of hydrogen-bond donors (Lipinski definition) is 1. The highest BCUT2D eigenvalue weighted by atomic mass is 35.5. The first-order chi connectivity index (χ1) is 9.49. The van der Waals surface area contributed by atoms with Crippen molar-refractivity contribution >= 4 is 52.3 Å². The zero-order valence-electron chi connectivity index (χ0n) is 10.1. The second kappa shape index (κ2) is 6.68. The van der Waals surface area contributed by atoms with Gasteiger partial charge in [-0.05, 0) is 29.8 Å². The maximum absolute atomic E-state index is 12.1. The van der Waals surface area contributed by atoms with Gasteiger partial charge in [-0.15, -0.1) is 0 Å². The van der Waals surface area contributed by atoms with Crippen LogP contribution in [0.5, 0.6) is 0 Å². The van der Waals surface area contributed by atoms with Crippen molar-refractivity contribution in [1.82, 2.24) is 5.32 Å². The maximum atomic E-state index is 12.1. The normalized spacial score (nSPS) is 10.4. The van der Waals surface area contributed by atoms with Crippen LogP contribution in [0.3, 0.4) is 0 Å². The number of carbonyl (C=O) groups is 1. The molecule has 2 aromatic carbocycles. The quantitative estimate of drug-likeness (QED) is 0.808. The van der Waals surface area contributed by atoms with Crippen LogP contribution < -0.4 is 5.32 Å². The minimum Gasteiger partial charge on any atom is -0.348 e. The van der Waals surface area contributed by atoms with Crippen molar-refractivity contribution in [1.29, 1.82) is 0 Å². The Bertz CT molecular complexity index is 637. The Labute approximate surface area is 136 Å². The van der Waals surface area contributed by atoms with Crippen molar-refractivity contribution in [2.45, 2.75) is 6.54 Å². The van der Waals surface area contributed by atoms with Gasteiger partial charge < -0.3 is 5.32 Å². The summed E-state index contributed by atoms with van der Waals surface area (Å²) in [5, 5.41) is 4.26. The molecule has 2 nitrogen and oxygen atoms in total. The van der Waals surface area contributed by atoms with Crippen LogP contribution in [0.1, 0.15) is 15.9 Å². The fourth-order valence-electron chi connectivity index (χ4n) is 1.64. The first kappa shape index (κ1) is 15.5. The summed E-state index contributed by atoms with van der Waals surface area (Å²) in [5.41, 5.74) is 1.09. The van der Waals surface area contributed by atoms with Gasteiger partial charge in [-0.3, -0.25) is 4.79 Å². The summed E-state index contributed by atoms with van der Waals surface area (Å²) in [6.07, 6.45) is 0. The van der Waals surface area contributed by atoms with Gasteiger partial charge in [0.1, 0.15) is 0 Å². The summed E-state index contributed by atoms with van der Waals surface area (Å²) in [4.78, 5) is 12.1. The van der Waals surface area contributed by atoms with Crippen LogP contribution in [0.2, 0.25) is 20.1 Å². The molecule has 0 atom stereocenters. The third-order valence-electron chi connectivity index (χ3n) is 2.63. The number of rotatable bonds is 3. The minimum absolute atomic E-state index is 0.260. The molecular weight excluding hydrogens is 340 g/mol. The number of hydrogen-bond acceptors (Lipinski definition) is 1. The highest BCUT2D eigenvalue weighted by molar-refractivity contribution is 6.42. The topological polar surface area (TPSA) is 29.1 Å². The Morgan fingerprint density at radius 2 is 1.55 bits per heavy atom. The number of halogens is 4. The van der Waals surface area contributed by atoms with Gasteiger partial charge in [0.2, 0.25) is 0 Å². The standard InChI is InChI=1S/C14H9Cl4NO/c15-9-5-4-8(6-12(9)18)7-19-14(20)13-10(16)2-1-3-11(13)17/h1-6H,7H2,(H,19,20). The number of nitrogens with one attached hydrogen (secondary N) is 1. The summed E-state index contributed by atoms with van der Waals surface area (Å²) in [7, 11) is 0. The molecule has 0 aliphatic carbocycles. The Morgan fingerprint density at radius 1 is 0.900 bits per heavy atom. The number of benzene rings is 2. The lowest BCUT2D eigenvalue weighted by Crippen LogP contribution is -2.23. The van der Waals surface area contributed by atoms with E-state index in [1.807, 2.05) is 0 Å². The van der Waals surface area contributed by atoms with Gasteiger partial charge in [0.15, 0.2) is 0 Å². The molecule has 2 rings (SSSR count). The van der Waals surface area contributed by atoms with E-state index < -0.39 is 0 Å². The van der Waals surface area contributed by atoms with E-state index in [1.165, 1.54) is 0 Å². The van der Waals surface area contributed by atoms with Gasteiger partial charge in [0, 0.05) is 6.54 Å². The van der Waals surface area contributed by atoms with E-state index in [9.17, 15) is 4.79 Å². The van der Waals surface area contributed by atoms with Crippen molar-refractivity contribution in [3.63, 3.8) is 0 Å². The van der Waals surface area contributed by atoms with Crippen molar-refractivity contribution < 1.29 is 4.79 Å². The van der Waals surface area contributed by atoms with Gasteiger partial charge in [0.25, 0.3) is 5.91 Å². The summed E-state index contributed by atoms with van der Waals surface area (Å²) in [6.45, 7) is 0.303. The molecule has 0 spiro atoms. The lowest BCUT2D eigenvalue weighted by Gasteiger charge is -2.09. The lowest BCUT2D eigenvalue weighted by molar-refractivity contribution is 0.0951. The van der Waals surface area contributed by atoms with Crippen molar-refractivity contribution in [3.05, 3.63) is 67.6 Å². The SMILES string of the molecule is O=C(NCc1ccc(Cl)c(Cl)c1)c1c(Cl)cccc1Cl. The van der Waals surface area contributed by atoms with Crippen LogP contribution in [0.25, 0.3) is 0 Å². The first-order valence-electron chi connectivity index (χ1n) is 5.65. The molecule has 0 aromatic heterocycles. The minimum atomic E-state index is -0.341. The van der Waals surface area contributed by atoms with Crippen LogP contribution >= 0.6 is 46.4 Å². The van der Waals surface area contributed by atoms with Crippen LogP contribution in [-0.2, 0) is 6.54 Å². The summed E-state index contributed by atoms with van der Waals surface area (Å²) in [5.74, 6) is -0.341. The predicted molar refractivity (Wildman–Crippen MR) is 84.1 cm³/mol. The highest BCUT2D eigenvalue weighted by Gasteiger charge is 2.14. The van der Waals surface area contributed by atoms with E-state index >= 15 is 0 Å². The third kappa shape index (κ3) is 3.58. The smallest absolute Gasteiger partial charge is 0.254 e. The predicted octanol–water partition coefficient (Wildman–Crippen LogP) is 5.23. The molecule has 0 fully saturated rings. The Kier molecular flexibility index (Phi) is 5.17. The molecule has 104 valence electrons. The van der Waals surface area contributed by atoms with Gasteiger partial charge in [0.05, 0.1) is 25.7 Å². The van der Waals surface area contributed by atoms with Crippen molar-refractivity contribution in [2.24, 2.45) is 0 Å². The number of amides is 1. The lowest BCUT2D eigenvalue weighted by atomic mass is 10.2. The molecule has 0 saturated carbocycles. The second-order valence-electron chi connectivity index (χ2n) is 4.03. The molecule has 0 aliphatic rings. The average molecular weight is 349 g/mol. The van der Waals surface area contributed by atoms with Crippen LogP contribution in [0, 0.1) is 0 Å². The molecule has 1 amide bonds. The summed E-state index contributed by atoms with van der Waals surface area (Å²) < 4.78 is 0. The third-order valence-corrected chi connectivity index (χ3v) is 4.00. The molecule has 0 radical (unpaired) electrons. The van der Waals surface area contributed by atoms with E-state index in [-0.39, 0.29) is 11.5 Å². The van der Waals surface area contributed by atoms with Crippen LogP contribution in [-0.4, -0.2) is 5.91 Å². The molecule has 6 heteroatoms. The molecular formula is C14H9Cl4NO. The largest absolute Gasteiger partial charge is 0.348 e. The summed E-state index contributed by atoms with van der Waals surface area (Å²) in [6, 6.07) is 10.1. The molecule has 0 heterocycles. The van der Waals surface area contributed by atoms with Gasteiger partial charge in [-0.2, -0.15) is 0 Å². The molecule has 2 aromatic rings. The van der Waals surface area contributed by atoms with Gasteiger partial charge in [-0.25, -0.2) is 0 Å². The highest BCUT2D eigenvalue weighted by Crippen LogP contribution is 2.25. The molecule has 20 heavy (non-hydrogen) atoms. The van der Waals surface area contributed by atoms with Crippen molar-refractivity contribution in [2.75, 3.05) is 0 Å². The molecule has 0 saturated heterocycles. The average Bonchev–Trinajstić information content (AvgIpc) is 2.40. The Hall–Kier alpha value is -0.930. The van der Waals surface area contributed by atoms with E-state index in [0.29, 0.717) is 26.6 Å². The van der Waals surface area contributed by atoms with Crippen molar-refractivity contribution in [3.8, 4) is 0 Å². The zero-order valence-corrected chi connectivity index (χ0v) is 13.1. The number of carbonyl (C=O) groups excluding carboxylic acids is 1. The van der Waals surface area contributed by atoms with E-state index in [1.54, 1.807) is 36.4 Å². The maximum Gasteiger partial charge on any atom is 0.254 e. The van der Waals surface area contributed by atoms with Crippen LogP contribution in [0.15, 0.2) is 36.4 Å². The first-order valence-corrected chi connectivity index (χ1v) is 7.16. The zero-order chi connectivity index (χ0) is 14.7. The van der Waals surface area contributed by atoms with E-state index in [4.69, 9.17) is 46.4 Å².